The molecule has 62 valence electrons. The second-order valence-electron chi connectivity index (χ2n) is 2.06. The molecule has 0 radical (unpaired) electrons. The zero-order valence-electron chi connectivity index (χ0n) is 5.70. The highest BCUT2D eigenvalue weighted by Gasteiger charge is 2.05. The van der Waals surface area contributed by atoms with Gasteiger partial charge in [0.25, 0.3) is 4.84 Å². The highest BCUT2D eigenvalue weighted by Crippen LogP contribution is 2.26. The Morgan fingerprint density at radius 2 is 2.50 bits per heavy atom. The Labute approximate surface area is 82.0 Å². The van der Waals surface area contributed by atoms with E-state index >= 15 is 0 Å². The average molecular weight is 219 g/mol. The van der Waals surface area contributed by atoms with Crippen LogP contribution in [-0.2, 0) is 0 Å². The van der Waals surface area contributed by atoms with Crippen LogP contribution in [0.4, 0.5) is 0 Å². The summed E-state index contributed by atoms with van der Waals surface area (Å²) in [6.07, 6.45) is 0. The first-order valence-corrected chi connectivity index (χ1v) is 4.72. The van der Waals surface area contributed by atoms with Crippen LogP contribution >= 0.6 is 35.2 Å². The van der Waals surface area contributed by atoms with Crippen molar-refractivity contribution in [3.05, 3.63) is 20.6 Å². The first-order chi connectivity index (χ1) is 5.75. The number of thiophene rings is 1. The maximum atomic E-state index is 5.73. The summed E-state index contributed by atoms with van der Waals surface area (Å²) in [6, 6.07) is 1.78. The third-order valence-electron chi connectivity index (χ3n) is 1.25. The molecule has 1 N–H and O–H groups in total. The van der Waals surface area contributed by atoms with Gasteiger partial charge in [-0.3, -0.25) is 0 Å². The summed E-state index contributed by atoms with van der Waals surface area (Å²) in [5.41, 5.74) is 0.845. The number of hydrogen-bond acceptors (Lipinski definition) is 4. The van der Waals surface area contributed by atoms with Crippen molar-refractivity contribution >= 4 is 35.2 Å². The van der Waals surface area contributed by atoms with E-state index in [0.29, 0.717) is 10.2 Å². The lowest BCUT2D eigenvalue weighted by Gasteiger charge is -1.82. The van der Waals surface area contributed by atoms with Crippen LogP contribution < -0.4 is 0 Å². The lowest BCUT2D eigenvalue weighted by Crippen LogP contribution is -1.71. The molecule has 0 aliphatic carbocycles. The highest BCUT2D eigenvalue weighted by molar-refractivity contribution is 7.71. The monoisotopic (exact) mass is 218 g/mol. The van der Waals surface area contributed by atoms with Crippen molar-refractivity contribution in [2.45, 2.75) is 0 Å². The molecule has 2 heterocycles. The molecule has 0 unspecified atom stereocenters. The molecule has 12 heavy (non-hydrogen) atoms. The van der Waals surface area contributed by atoms with E-state index in [4.69, 9.17) is 28.2 Å². The second-order valence-corrected chi connectivity index (χ2v) is 3.97. The third kappa shape index (κ3) is 1.43. The lowest BCUT2D eigenvalue weighted by atomic mass is 10.3. The Morgan fingerprint density at radius 1 is 1.67 bits per heavy atom. The van der Waals surface area contributed by atoms with Crippen molar-refractivity contribution in [1.82, 2.24) is 10.2 Å². The van der Waals surface area contributed by atoms with Crippen molar-refractivity contribution in [2.75, 3.05) is 0 Å². The molecule has 0 amide bonds. The lowest BCUT2D eigenvalue weighted by molar-refractivity contribution is 0.552. The molecule has 0 saturated carbocycles. The summed E-state index contributed by atoms with van der Waals surface area (Å²) < 4.78 is 5.78. The fourth-order valence-electron chi connectivity index (χ4n) is 0.776. The van der Waals surface area contributed by atoms with Crippen molar-refractivity contribution in [3.8, 4) is 11.5 Å². The summed E-state index contributed by atoms with van der Waals surface area (Å²) in [5.74, 6) is 0.475. The predicted molar refractivity (Wildman–Crippen MR) is 50.0 cm³/mol. The maximum absolute atomic E-state index is 5.73. The summed E-state index contributed by atoms with van der Waals surface area (Å²) in [4.78, 5) is 0.271. The van der Waals surface area contributed by atoms with Crippen LogP contribution in [0, 0.1) is 4.84 Å². The van der Waals surface area contributed by atoms with E-state index in [1.54, 1.807) is 6.07 Å². The molecular formula is C6H3ClN2OS2. The number of hydrogen-bond donors (Lipinski definition) is 1. The summed E-state index contributed by atoms with van der Waals surface area (Å²) in [7, 11) is 0. The van der Waals surface area contributed by atoms with Gasteiger partial charge in [-0.2, -0.15) is 0 Å². The van der Waals surface area contributed by atoms with Crippen LogP contribution in [-0.4, -0.2) is 10.2 Å². The Morgan fingerprint density at radius 3 is 3.00 bits per heavy atom. The zero-order chi connectivity index (χ0) is 8.55. The smallest absolute Gasteiger partial charge is 0.284 e. The van der Waals surface area contributed by atoms with Gasteiger partial charge in [0.1, 0.15) is 0 Å². The molecule has 0 aromatic carbocycles. The van der Waals surface area contributed by atoms with Crippen molar-refractivity contribution in [3.63, 3.8) is 0 Å². The Hall–Kier alpha value is -0.650. The van der Waals surface area contributed by atoms with Crippen LogP contribution in [0.25, 0.3) is 11.5 Å². The topological polar surface area (TPSA) is 41.8 Å². The molecule has 0 fully saturated rings. The van der Waals surface area contributed by atoms with Gasteiger partial charge < -0.3 is 4.42 Å². The molecule has 0 saturated heterocycles. The van der Waals surface area contributed by atoms with E-state index in [0.717, 1.165) is 5.56 Å². The molecule has 6 heteroatoms. The van der Waals surface area contributed by atoms with Crippen LogP contribution in [0.3, 0.4) is 0 Å². The molecule has 0 spiro atoms. The van der Waals surface area contributed by atoms with E-state index in [9.17, 15) is 0 Å². The van der Waals surface area contributed by atoms with Gasteiger partial charge in [0.05, 0.1) is 9.90 Å². The van der Waals surface area contributed by atoms with Gasteiger partial charge in [0, 0.05) is 5.38 Å². The molecule has 2 aromatic rings. The number of H-pyrrole nitrogens is 1. The SMILES string of the molecule is S=c1[nH]nc(-c2csc(Cl)c2)o1. The minimum atomic E-state index is 0.271. The first kappa shape index (κ1) is 7.97. The Kier molecular flexibility index (Phi) is 2.00. The fraction of sp³-hybridized carbons (Fsp3) is 0. The molecule has 2 rings (SSSR count). The van der Waals surface area contributed by atoms with Gasteiger partial charge in [0.2, 0.25) is 5.89 Å². The first-order valence-electron chi connectivity index (χ1n) is 3.05. The van der Waals surface area contributed by atoms with Crippen molar-refractivity contribution in [2.24, 2.45) is 0 Å². The van der Waals surface area contributed by atoms with Crippen LogP contribution in [0.5, 0.6) is 0 Å². The van der Waals surface area contributed by atoms with Gasteiger partial charge in [-0.05, 0) is 18.3 Å². The molecule has 0 aliphatic heterocycles. The van der Waals surface area contributed by atoms with E-state index < -0.39 is 0 Å². The normalized spacial score (nSPS) is 10.4. The van der Waals surface area contributed by atoms with Gasteiger partial charge in [0.15, 0.2) is 0 Å². The summed E-state index contributed by atoms with van der Waals surface area (Å²) in [6.45, 7) is 0. The number of nitrogens with one attached hydrogen (secondary N) is 1. The molecular weight excluding hydrogens is 216 g/mol. The minimum Gasteiger partial charge on any atom is -0.409 e. The third-order valence-corrected chi connectivity index (χ3v) is 2.52. The highest BCUT2D eigenvalue weighted by atomic mass is 35.5. The van der Waals surface area contributed by atoms with Crippen LogP contribution in [0.2, 0.25) is 4.34 Å². The zero-order valence-corrected chi connectivity index (χ0v) is 8.09. The van der Waals surface area contributed by atoms with Gasteiger partial charge in [-0.15, -0.1) is 16.4 Å². The summed E-state index contributed by atoms with van der Waals surface area (Å²) >= 11 is 11.9. The Balaban J connectivity index is 2.50. The van der Waals surface area contributed by atoms with E-state index in [1.165, 1.54) is 11.3 Å². The fourth-order valence-corrected chi connectivity index (χ4v) is 1.75. The standard InChI is InChI=1S/C6H3ClN2OS2/c7-4-1-3(2-12-4)5-8-9-6(11)10-5/h1-2H,(H,9,11). The predicted octanol–water partition coefficient (Wildman–Crippen LogP) is 3.11. The molecule has 0 atom stereocenters. The van der Waals surface area contributed by atoms with E-state index in [-0.39, 0.29) is 4.84 Å². The van der Waals surface area contributed by atoms with E-state index in [2.05, 4.69) is 10.2 Å². The van der Waals surface area contributed by atoms with Crippen LogP contribution in [0.15, 0.2) is 15.9 Å². The van der Waals surface area contributed by atoms with Crippen LogP contribution in [0.1, 0.15) is 0 Å². The van der Waals surface area contributed by atoms with Gasteiger partial charge >= 0.3 is 0 Å². The van der Waals surface area contributed by atoms with Crippen molar-refractivity contribution < 1.29 is 4.42 Å². The van der Waals surface area contributed by atoms with Crippen molar-refractivity contribution in [1.29, 1.82) is 0 Å². The number of aromatic amines is 1. The quantitative estimate of drug-likeness (QED) is 0.748. The molecule has 2 aromatic heterocycles. The number of nitrogens with zero attached hydrogens (tertiary/aromatic N) is 1. The van der Waals surface area contributed by atoms with E-state index in [1.807, 2.05) is 5.38 Å². The van der Waals surface area contributed by atoms with Gasteiger partial charge in [-0.1, -0.05) is 11.6 Å². The molecule has 0 bridgehead atoms. The number of rotatable bonds is 1. The average Bonchev–Trinajstić information content (AvgIpc) is 2.58. The molecule has 3 nitrogen and oxygen atoms in total. The minimum absolute atomic E-state index is 0.271. The number of aromatic nitrogens is 2. The Bertz CT molecular complexity index is 444. The second kappa shape index (κ2) is 3.01. The maximum Gasteiger partial charge on any atom is 0.284 e. The number of halogens is 1. The largest absolute Gasteiger partial charge is 0.409 e. The van der Waals surface area contributed by atoms with Gasteiger partial charge in [-0.25, -0.2) is 5.10 Å². The summed E-state index contributed by atoms with van der Waals surface area (Å²) in [5, 5.41) is 8.25. The molecule has 0 aliphatic rings.